The number of Topliss-reactive ketones (excluding diaryl/α,β-unsaturated/α-hetero) is 1. The van der Waals surface area contributed by atoms with E-state index in [1.807, 2.05) is 0 Å². The highest BCUT2D eigenvalue weighted by Crippen LogP contribution is 2.13. The van der Waals surface area contributed by atoms with E-state index in [1.54, 1.807) is 0 Å². The number of nitrogens with one attached hydrogen (secondary N) is 1. The number of nitrogens with zero attached hydrogens (tertiary/aromatic N) is 3. The number of sulfonamides is 1. The molecule has 0 unspecified atom stereocenters. The number of carbonyl (C=O) groups excluding carboxylic acids is 2. The van der Waals surface area contributed by atoms with Crippen LogP contribution in [-0.2, 0) is 14.8 Å². The first-order valence-electron chi connectivity index (χ1n) is 6.31. The number of ketones is 1. The van der Waals surface area contributed by atoms with Crippen molar-refractivity contribution >= 4 is 38.4 Å². The van der Waals surface area contributed by atoms with Crippen molar-refractivity contribution in [3.05, 3.63) is 42.5 Å². The second kappa shape index (κ2) is 7.29. The molecule has 0 bridgehead atoms. The van der Waals surface area contributed by atoms with Crippen LogP contribution in [0.4, 0.5) is 5.69 Å². The van der Waals surface area contributed by atoms with E-state index in [2.05, 4.69) is 19.7 Å². The van der Waals surface area contributed by atoms with Gasteiger partial charge in [0.1, 0.15) is 5.69 Å². The van der Waals surface area contributed by atoms with Crippen molar-refractivity contribution in [1.29, 1.82) is 0 Å². The van der Waals surface area contributed by atoms with Crippen LogP contribution in [0.2, 0.25) is 0 Å². The van der Waals surface area contributed by atoms with Crippen LogP contribution < -0.4 is 4.72 Å². The lowest BCUT2D eigenvalue weighted by Crippen LogP contribution is -2.16. The Hall–Kier alpha value is -2.33. The summed E-state index contributed by atoms with van der Waals surface area (Å²) >= 11 is 0.889. The summed E-state index contributed by atoms with van der Waals surface area (Å²) in [6, 6.07) is 4.28. The molecule has 0 fully saturated rings. The number of thioether (sulfide) groups is 1. The molecule has 0 aromatic carbocycles. The monoisotopic (exact) mass is 352 g/mol. The maximum absolute atomic E-state index is 12.0. The third-order valence-electron chi connectivity index (χ3n) is 2.49. The lowest BCUT2D eigenvalue weighted by molar-refractivity contribution is -0.109. The SMILES string of the molecule is CC(=O)SCC(=O)c1ccc(NS(=O)(=O)c2ncccn2)cn1. The Morgan fingerprint density at radius 3 is 2.43 bits per heavy atom. The van der Waals surface area contributed by atoms with Gasteiger partial charge < -0.3 is 0 Å². The van der Waals surface area contributed by atoms with Crippen molar-refractivity contribution < 1.29 is 18.0 Å². The summed E-state index contributed by atoms with van der Waals surface area (Å²) in [4.78, 5) is 33.8. The molecule has 0 saturated carbocycles. The number of hydrogen-bond donors (Lipinski definition) is 1. The molecule has 0 atom stereocenters. The zero-order valence-corrected chi connectivity index (χ0v) is 13.6. The van der Waals surface area contributed by atoms with Gasteiger partial charge in [0.2, 0.25) is 0 Å². The van der Waals surface area contributed by atoms with E-state index in [1.165, 1.54) is 43.7 Å². The van der Waals surface area contributed by atoms with Crippen molar-refractivity contribution in [3.63, 3.8) is 0 Å². The van der Waals surface area contributed by atoms with E-state index in [0.29, 0.717) is 0 Å². The maximum atomic E-state index is 12.0. The first-order valence-corrected chi connectivity index (χ1v) is 8.78. The summed E-state index contributed by atoms with van der Waals surface area (Å²) in [6.45, 7) is 1.37. The summed E-state index contributed by atoms with van der Waals surface area (Å²) in [7, 11) is -3.91. The molecule has 0 aliphatic heterocycles. The molecule has 2 heterocycles. The Bertz CT molecular complexity index is 808. The lowest BCUT2D eigenvalue weighted by atomic mass is 10.2. The molecule has 0 spiro atoms. The largest absolute Gasteiger partial charge is 0.297 e. The molecule has 120 valence electrons. The summed E-state index contributed by atoms with van der Waals surface area (Å²) < 4.78 is 26.3. The fourth-order valence-electron chi connectivity index (χ4n) is 1.49. The molecule has 1 N–H and O–H groups in total. The van der Waals surface area contributed by atoms with Gasteiger partial charge in [-0.1, -0.05) is 11.8 Å². The summed E-state index contributed by atoms with van der Waals surface area (Å²) in [5.41, 5.74) is 0.325. The van der Waals surface area contributed by atoms with E-state index in [-0.39, 0.29) is 33.2 Å². The Morgan fingerprint density at radius 2 is 1.87 bits per heavy atom. The Balaban J connectivity index is 2.08. The highest BCUT2D eigenvalue weighted by Gasteiger charge is 2.17. The van der Waals surface area contributed by atoms with E-state index in [4.69, 9.17) is 0 Å². The average Bonchev–Trinajstić information content (AvgIpc) is 2.54. The zero-order chi connectivity index (χ0) is 16.9. The highest BCUT2D eigenvalue weighted by molar-refractivity contribution is 8.14. The minimum absolute atomic E-state index is 0.00867. The molecule has 0 amide bonds. The Labute approximate surface area is 136 Å². The smallest absolute Gasteiger partial charge is 0.291 e. The zero-order valence-electron chi connectivity index (χ0n) is 12.0. The second-order valence-corrected chi connectivity index (χ2v) is 7.00. The van der Waals surface area contributed by atoms with Gasteiger partial charge in [0.25, 0.3) is 15.2 Å². The van der Waals surface area contributed by atoms with Crippen molar-refractivity contribution in [2.24, 2.45) is 0 Å². The Kier molecular flexibility index (Phi) is 5.40. The second-order valence-electron chi connectivity index (χ2n) is 4.27. The molecule has 2 aromatic heterocycles. The van der Waals surface area contributed by atoms with Gasteiger partial charge in [-0.25, -0.2) is 9.97 Å². The fourth-order valence-corrected chi connectivity index (χ4v) is 2.89. The van der Waals surface area contributed by atoms with Gasteiger partial charge in [0.15, 0.2) is 10.9 Å². The highest BCUT2D eigenvalue weighted by atomic mass is 32.2. The summed E-state index contributed by atoms with van der Waals surface area (Å²) in [5, 5.41) is -0.524. The standard InChI is InChI=1S/C13H12N4O4S2/c1-9(18)22-8-12(19)11-4-3-10(7-16-11)17-23(20,21)13-14-5-2-6-15-13/h2-7,17H,8H2,1H3. The van der Waals surface area contributed by atoms with Crippen LogP contribution in [0, 0.1) is 0 Å². The molecule has 10 heteroatoms. The van der Waals surface area contributed by atoms with Gasteiger partial charge in [-0.15, -0.1) is 0 Å². The summed E-state index contributed by atoms with van der Waals surface area (Å²) in [5.74, 6) is -0.323. The van der Waals surface area contributed by atoms with Gasteiger partial charge in [-0.2, -0.15) is 8.42 Å². The average molecular weight is 352 g/mol. The van der Waals surface area contributed by atoms with Crippen LogP contribution in [0.1, 0.15) is 17.4 Å². The third-order valence-corrected chi connectivity index (χ3v) is 4.50. The molecule has 0 radical (unpaired) electrons. The number of carbonyl (C=O) groups is 2. The number of pyridine rings is 1. The van der Waals surface area contributed by atoms with Gasteiger partial charge in [-0.3, -0.25) is 19.3 Å². The van der Waals surface area contributed by atoms with Crippen LogP contribution in [0.15, 0.2) is 41.9 Å². The van der Waals surface area contributed by atoms with Crippen LogP contribution in [0.25, 0.3) is 0 Å². The maximum Gasteiger partial charge on any atom is 0.297 e. The van der Waals surface area contributed by atoms with Crippen molar-refractivity contribution in [3.8, 4) is 0 Å². The molecule has 0 aliphatic rings. The lowest BCUT2D eigenvalue weighted by Gasteiger charge is -2.06. The normalized spacial score (nSPS) is 11.0. The van der Waals surface area contributed by atoms with Gasteiger partial charge in [0, 0.05) is 19.3 Å². The molecule has 2 aromatic rings. The molecule has 2 rings (SSSR count). The minimum Gasteiger partial charge on any atom is -0.291 e. The first-order chi connectivity index (χ1) is 10.9. The van der Waals surface area contributed by atoms with Gasteiger partial charge >= 0.3 is 0 Å². The fraction of sp³-hybridized carbons (Fsp3) is 0.154. The number of rotatable bonds is 6. The van der Waals surface area contributed by atoms with Crippen molar-refractivity contribution in [2.75, 3.05) is 10.5 Å². The van der Waals surface area contributed by atoms with Crippen LogP contribution in [0.5, 0.6) is 0 Å². The predicted octanol–water partition coefficient (Wildman–Crippen LogP) is 1.13. The van der Waals surface area contributed by atoms with Crippen LogP contribution in [-0.4, -0.2) is 40.0 Å². The van der Waals surface area contributed by atoms with E-state index in [9.17, 15) is 18.0 Å². The quantitative estimate of drug-likeness (QED) is 0.607. The predicted molar refractivity (Wildman–Crippen MR) is 84.5 cm³/mol. The van der Waals surface area contributed by atoms with Gasteiger partial charge in [-0.05, 0) is 18.2 Å². The van der Waals surface area contributed by atoms with E-state index in [0.717, 1.165) is 11.8 Å². The molecule has 23 heavy (non-hydrogen) atoms. The molecule has 0 saturated heterocycles. The number of hydrogen-bond acceptors (Lipinski definition) is 8. The Morgan fingerprint density at radius 1 is 1.17 bits per heavy atom. The minimum atomic E-state index is -3.91. The number of anilines is 1. The number of aromatic nitrogens is 3. The van der Waals surface area contributed by atoms with Gasteiger partial charge in [0.05, 0.1) is 17.6 Å². The van der Waals surface area contributed by atoms with Crippen LogP contribution >= 0.6 is 11.8 Å². The van der Waals surface area contributed by atoms with Crippen LogP contribution in [0.3, 0.4) is 0 Å². The first kappa shape index (κ1) is 17.0. The third kappa shape index (κ3) is 4.83. The topological polar surface area (TPSA) is 119 Å². The molecular formula is C13H12N4O4S2. The molecule has 8 nitrogen and oxygen atoms in total. The summed E-state index contributed by atoms with van der Waals surface area (Å²) in [6.07, 6.45) is 3.84. The van der Waals surface area contributed by atoms with Crippen molar-refractivity contribution in [2.45, 2.75) is 12.1 Å². The molecule has 0 aliphatic carbocycles. The molecular weight excluding hydrogens is 340 g/mol. The van der Waals surface area contributed by atoms with E-state index < -0.39 is 10.0 Å². The van der Waals surface area contributed by atoms with Crippen molar-refractivity contribution in [1.82, 2.24) is 15.0 Å². The van der Waals surface area contributed by atoms with E-state index >= 15 is 0 Å².